The summed E-state index contributed by atoms with van der Waals surface area (Å²) in [6.07, 6.45) is 54.8. The second-order valence-electron chi connectivity index (χ2n) is 45.6. The maximum absolute atomic E-state index is 13.3. The Bertz CT molecular complexity index is 4140. The van der Waals surface area contributed by atoms with Gasteiger partial charge in [0.05, 0.1) is 31.0 Å². The van der Waals surface area contributed by atoms with Gasteiger partial charge in [-0.3, -0.25) is 49.5 Å². The van der Waals surface area contributed by atoms with Crippen LogP contribution in [0.1, 0.15) is 432 Å². The molecule has 0 radical (unpaired) electrons. The van der Waals surface area contributed by atoms with E-state index in [1.54, 1.807) is 0 Å². The molecule has 5 saturated carbocycles. The Labute approximate surface area is 864 Å². The minimum atomic E-state index is 0.354. The second kappa shape index (κ2) is 65.3. The lowest BCUT2D eigenvalue weighted by Gasteiger charge is -2.40. The Hall–Kier alpha value is -6.76. The number of H-pyrrole nitrogens is 5. The molecule has 14 rings (SSSR count). The fourth-order valence-electron chi connectivity index (χ4n) is 24.1. The van der Waals surface area contributed by atoms with Gasteiger partial charge < -0.3 is 63.0 Å². The molecule has 810 valence electrons. The third-order valence-corrected chi connectivity index (χ3v) is 32.9. The number of Topliss-reactive ketones (excluding diaryl/α,β-unsaturated/α-hetero) is 1. The number of carbonyl (C=O) groups is 5. The van der Waals surface area contributed by atoms with Gasteiger partial charge in [-0.1, -0.05) is 94.4 Å². The Morgan fingerprint density at radius 3 is 0.790 bits per heavy atom. The molecule has 0 unspecified atom stereocenters. The van der Waals surface area contributed by atoms with Crippen molar-refractivity contribution < 1.29 is 42.9 Å². The van der Waals surface area contributed by atoms with Gasteiger partial charge in [0, 0.05) is 260 Å². The molecule has 9 aliphatic rings. The van der Waals surface area contributed by atoms with Crippen LogP contribution in [0.2, 0.25) is 0 Å². The van der Waals surface area contributed by atoms with Gasteiger partial charge in [-0.2, -0.15) is 25.5 Å². The number of nitrogens with one attached hydrogen (secondary N) is 5. The molecule has 5 aromatic rings. The van der Waals surface area contributed by atoms with Crippen LogP contribution in [0.15, 0.2) is 31.0 Å². The molecule has 5 aromatic heterocycles. The van der Waals surface area contributed by atoms with Crippen LogP contribution in [0.25, 0.3) is 0 Å². The van der Waals surface area contributed by atoms with Crippen LogP contribution in [-0.4, -0.2) is 296 Å². The average Bonchev–Trinajstić information content (AvgIpc) is 1.78. The van der Waals surface area contributed by atoms with Crippen molar-refractivity contribution >= 4 is 29.4 Å². The molecule has 9 heterocycles. The second-order valence-corrected chi connectivity index (χ2v) is 45.6. The van der Waals surface area contributed by atoms with Crippen molar-refractivity contribution in [3.63, 3.8) is 0 Å². The van der Waals surface area contributed by atoms with E-state index in [1.807, 2.05) is 31.0 Å². The summed E-state index contributed by atoms with van der Waals surface area (Å²) in [4.78, 5) is 84.5. The summed E-state index contributed by atoms with van der Waals surface area (Å²) < 4.78 is 21.9. The van der Waals surface area contributed by atoms with Crippen molar-refractivity contribution in [2.24, 2.45) is 35.5 Å². The number of unbranched alkanes of at least 4 members (excludes halogenated alkanes) is 5. The van der Waals surface area contributed by atoms with Gasteiger partial charge in [-0.25, -0.2) is 0 Å². The number of ketones is 1. The van der Waals surface area contributed by atoms with Gasteiger partial charge in [-0.15, -0.1) is 0 Å². The Morgan fingerprint density at radius 1 is 0.308 bits per heavy atom. The molecular formula is C115H201N19O9. The van der Waals surface area contributed by atoms with Crippen molar-refractivity contribution in [1.82, 2.24) is 95.1 Å². The zero-order valence-corrected chi connectivity index (χ0v) is 92.7. The standard InChI is InChI=1S/2C26H46N4O2.2C24H42N4O2.C15H25N3O/c1-5-6-13-29(4)19-23-17-27-28-26(23)22-7-9-24(10-8-22)30(18-20(2)3)25(31)16-21-11-14-32-15-12-21;1-5-6-13-29(4)19-23-17-27-28-26(23)22-7-9-24(10-8-22)30(25(31)16-20(2)3)18-21-11-14-32-15-12-21;2*1-4-6-13-27(3)18-21-17-25-26-24(21)20-7-9-22(10-8-20)28(5-2)23(29)16-19-11-14-30-15-12-19;1-3-4-9-18(2)11-13-10-16-17-15(13)12-5-7-14(19)8-6-12/h2*17,20-22,24H,5-16,18-19H2,1-4H3,(H,27,28);2*17,19-20,22H,4-16,18H2,1-3H3,(H,25,26);10,12H,3-9,11H2,1-2H3,(H,16,17). The van der Waals surface area contributed by atoms with Crippen molar-refractivity contribution in [3.8, 4) is 0 Å². The number of hydrogen-bond donors (Lipinski definition) is 5. The third kappa shape index (κ3) is 39.9. The van der Waals surface area contributed by atoms with E-state index in [4.69, 9.17) is 18.9 Å². The first-order valence-corrected chi connectivity index (χ1v) is 57.9. The third-order valence-electron chi connectivity index (χ3n) is 32.9. The molecule has 4 saturated heterocycles. The quantitative estimate of drug-likeness (QED) is 0.0242. The van der Waals surface area contributed by atoms with Crippen LogP contribution in [0.5, 0.6) is 0 Å². The van der Waals surface area contributed by atoms with E-state index in [0.717, 1.165) is 324 Å². The average molecular weight is 1990 g/mol. The number of hydrogen-bond acceptors (Lipinski definition) is 19. The Kier molecular flexibility index (Phi) is 53.9. The minimum absolute atomic E-state index is 0.354. The molecule has 5 aliphatic carbocycles. The summed E-state index contributed by atoms with van der Waals surface area (Å²) in [6, 6.07) is 1.58. The summed E-state index contributed by atoms with van der Waals surface area (Å²) >= 11 is 0. The van der Waals surface area contributed by atoms with Crippen LogP contribution in [0.3, 0.4) is 0 Å². The topological polar surface area (TPSA) is 295 Å². The van der Waals surface area contributed by atoms with Gasteiger partial charge >= 0.3 is 0 Å². The van der Waals surface area contributed by atoms with E-state index >= 15 is 0 Å². The van der Waals surface area contributed by atoms with E-state index in [1.165, 1.54) is 120 Å². The maximum Gasteiger partial charge on any atom is 0.223 e. The number of rotatable bonds is 48. The van der Waals surface area contributed by atoms with Gasteiger partial charge in [0.25, 0.3) is 0 Å². The highest BCUT2D eigenvalue weighted by molar-refractivity contribution is 5.80. The van der Waals surface area contributed by atoms with Crippen molar-refractivity contribution in [3.05, 3.63) is 87.3 Å². The van der Waals surface area contributed by atoms with Crippen LogP contribution in [-0.2, 0) is 75.6 Å². The monoisotopic (exact) mass is 1990 g/mol. The molecule has 4 amide bonds. The molecule has 0 aromatic carbocycles. The van der Waals surface area contributed by atoms with Gasteiger partial charge in [0.1, 0.15) is 5.78 Å². The summed E-state index contributed by atoms with van der Waals surface area (Å²) in [6.45, 7) is 44.7. The molecule has 5 N–H and O–H groups in total. The fraction of sp³-hybridized carbons (Fsp3) is 0.826. The number of amides is 4. The number of aromatic nitrogens is 10. The molecule has 143 heavy (non-hydrogen) atoms. The molecular weight excluding hydrogens is 1790 g/mol. The number of nitrogens with zero attached hydrogens (tertiary/aromatic N) is 14. The van der Waals surface area contributed by atoms with Crippen LogP contribution in [0, 0.1) is 35.5 Å². The Morgan fingerprint density at radius 2 is 0.545 bits per heavy atom. The van der Waals surface area contributed by atoms with E-state index in [-0.39, 0.29) is 0 Å². The molecule has 9 fully saturated rings. The molecule has 0 spiro atoms. The van der Waals surface area contributed by atoms with Crippen molar-refractivity contribution in [2.45, 2.75) is 432 Å². The van der Waals surface area contributed by atoms with E-state index in [2.05, 4.69) is 206 Å². The predicted molar refractivity (Wildman–Crippen MR) is 576 cm³/mol. The first kappa shape index (κ1) is 118. The van der Waals surface area contributed by atoms with Gasteiger partial charge in [0.2, 0.25) is 23.6 Å². The highest BCUT2D eigenvalue weighted by Crippen LogP contribution is 2.43. The lowest BCUT2D eigenvalue weighted by atomic mass is 9.81. The summed E-state index contributed by atoms with van der Waals surface area (Å²) in [5, 5.41) is 38.1. The lowest BCUT2D eigenvalue weighted by molar-refractivity contribution is -0.137. The number of ether oxygens (including phenoxy) is 4. The Balaban J connectivity index is 0.000000185. The van der Waals surface area contributed by atoms with Crippen LogP contribution >= 0.6 is 0 Å². The fourth-order valence-corrected chi connectivity index (χ4v) is 24.1. The first-order valence-electron chi connectivity index (χ1n) is 57.9. The highest BCUT2D eigenvalue weighted by Gasteiger charge is 2.39. The largest absolute Gasteiger partial charge is 0.381 e. The normalized spacial score (nSPS) is 22.1. The molecule has 28 heteroatoms. The zero-order valence-electron chi connectivity index (χ0n) is 92.7. The summed E-state index contributed by atoms with van der Waals surface area (Å²) in [5.74, 6) is 7.53. The zero-order chi connectivity index (χ0) is 102. The maximum atomic E-state index is 13.3. The number of carbonyl (C=O) groups excluding carboxylic acids is 5. The smallest absolute Gasteiger partial charge is 0.223 e. The van der Waals surface area contributed by atoms with Crippen molar-refractivity contribution in [2.75, 3.05) is 147 Å². The molecule has 0 bridgehead atoms. The molecule has 28 nitrogen and oxygen atoms in total. The molecule has 4 aliphatic heterocycles. The van der Waals surface area contributed by atoms with E-state index in [9.17, 15) is 24.0 Å². The number of aromatic amines is 5. The van der Waals surface area contributed by atoms with Gasteiger partial charge in [-0.05, 0) is 316 Å². The SMILES string of the molecule is CCCCN(C)Cc1cn[nH]c1C1CCC(=O)CC1.CCCCN(C)Cc1cn[nH]c1C1CCC(N(CC(C)C)C(=O)CC2CCOCC2)CC1.CCCCN(C)Cc1cn[nH]c1C1CCC(N(CC)C(=O)CC2CCOCC2)CC1.CCCCN(C)Cc1cn[nH]c1C1CCC(N(CC)C(=O)CC2CCOCC2)CC1.CCCCN(C)Cc1cn[nH]c1C1CCC(N(CC2CCOCC2)C(=O)CC(C)C)CC1. The van der Waals surface area contributed by atoms with Crippen LogP contribution < -0.4 is 0 Å². The predicted octanol–water partition coefficient (Wildman–Crippen LogP) is 21.5. The lowest BCUT2D eigenvalue weighted by Crippen LogP contribution is -2.46. The van der Waals surface area contributed by atoms with Crippen LogP contribution in [0.4, 0.5) is 0 Å². The summed E-state index contributed by atoms with van der Waals surface area (Å²) in [5.41, 5.74) is 13.3. The van der Waals surface area contributed by atoms with Crippen molar-refractivity contribution in [1.29, 1.82) is 0 Å². The summed E-state index contributed by atoms with van der Waals surface area (Å²) in [7, 11) is 11.0. The van der Waals surface area contributed by atoms with Gasteiger partial charge in [0.15, 0.2) is 0 Å². The van der Waals surface area contributed by atoms with E-state index in [0.29, 0.717) is 144 Å². The first-order chi connectivity index (χ1) is 69.4. The molecule has 0 atom stereocenters. The minimum Gasteiger partial charge on any atom is -0.381 e. The van der Waals surface area contributed by atoms with E-state index < -0.39 is 0 Å². The highest BCUT2D eigenvalue weighted by atomic mass is 16.5.